The molecule has 2 aliphatic heterocycles. The van der Waals surface area contributed by atoms with E-state index in [1.165, 1.54) is 11.8 Å². The highest BCUT2D eigenvalue weighted by atomic mass is 32.2. The number of aromatic nitrogens is 1. The molecule has 0 saturated carbocycles. The van der Waals surface area contributed by atoms with Gasteiger partial charge in [0.25, 0.3) is 0 Å². The Labute approximate surface area is 226 Å². The Morgan fingerprint density at radius 3 is 2.53 bits per heavy atom. The molecule has 3 heterocycles. The number of carbonyl (C=O) groups excluding carboxylic acids is 3. The Morgan fingerprint density at radius 1 is 1.05 bits per heavy atom. The topological polar surface area (TPSA) is 95.0 Å². The van der Waals surface area contributed by atoms with Gasteiger partial charge in [-0.05, 0) is 48.2 Å². The first-order chi connectivity index (χ1) is 18.5. The van der Waals surface area contributed by atoms with E-state index < -0.39 is 11.3 Å². The fourth-order valence-corrected chi connectivity index (χ4v) is 5.93. The van der Waals surface area contributed by atoms with Crippen molar-refractivity contribution < 1.29 is 14.4 Å². The van der Waals surface area contributed by atoms with E-state index in [9.17, 15) is 14.4 Å². The van der Waals surface area contributed by atoms with Crippen molar-refractivity contribution in [1.82, 2.24) is 14.8 Å². The lowest BCUT2D eigenvalue weighted by Gasteiger charge is -2.24. The number of aliphatic imine (C=N–C) groups is 1. The second-order valence-corrected chi connectivity index (χ2v) is 10.3. The predicted molar refractivity (Wildman–Crippen MR) is 148 cm³/mol. The van der Waals surface area contributed by atoms with Crippen molar-refractivity contribution >= 4 is 40.3 Å². The summed E-state index contributed by atoms with van der Waals surface area (Å²) in [7, 11) is 1.68. The van der Waals surface area contributed by atoms with Crippen molar-refractivity contribution in [3.8, 4) is 0 Å². The molecule has 9 heteroatoms. The molecule has 194 valence electrons. The number of carbonyl (C=O) groups is 3. The summed E-state index contributed by atoms with van der Waals surface area (Å²) in [4.78, 5) is 51.2. The molecule has 0 radical (unpaired) electrons. The van der Waals surface area contributed by atoms with Crippen LogP contribution in [0.25, 0.3) is 0 Å². The Balaban J connectivity index is 1.22. The number of anilines is 1. The average Bonchev–Trinajstić information content (AvgIpc) is 3.56. The smallest absolute Gasteiger partial charge is 0.247 e. The van der Waals surface area contributed by atoms with Crippen LogP contribution in [0.15, 0.2) is 84.0 Å². The quantitative estimate of drug-likeness (QED) is 0.500. The number of amides is 3. The van der Waals surface area contributed by atoms with Gasteiger partial charge < -0.3 is 10.2 Å². The summed E-state index contributed by atoms with van der Waals surface area (Å²) in [6, 6.07) is 22.0. The molecule has 3 aromatic rings. The second-order valence-electron chi connectivity index (χ2n) is 9.27. The molecule has 0 bridgehead atoms. The Hall–Kier alpha value is -3.98. The number of hydrogen-bond donors (Lipinski definition) is 1. The maximum Gasteiger partial charge on any atom is 0.247 e. The van der Waals surface area contributed by atoms with Gasteiger partial charge >= 0.3 is 0 Å². The summed E-state index contributed by atoms with van der Waals surface area (Å²) in [5.74, 6) is -0.272. The minimum atomic E-state index is -0.485. The highest BCUT2D eigenvalue weighted by molar-refractivity contribution is 8.15. The lowest BCUT2D eigenvalue weighted by molar-refractivity contribution is -0.136. The molecular weight excluding hydrogens is 498 g/mol. The maximum absolute atomic E-state index is 13.2. The summed E-state index contributed by atoms with van der Waals surface area (Å²) in [6.07, 6.45) is 3.44. The number of benzene rings is 2. The fourth-order valence-electron chi connectivity index (χ4n) is 4.82. The molecule has 3 amide bonds. The van der Waals surface area contributed by atoms with Gasteiger partial charge in [-0.15, -0.1) is 0 Å². The van der Waals surface area contributed by atoms with Gasteiger partial charge in [-0.2, -0.15) is 0 Å². The van der Waals surface area contributed by atoms with Crippen LogP contribution >= 0.6 is 11.8 Å². The summed E-state index contributed by atoms with van der Waals surface area (Å²) in [5, 5.41) is 3.20. The lowest BCUT2D eigenvalue weighted by atomic mass is 10.1. The van der Waals surface area contributed by atoms with E-state index in [0.29, 0.717) is 30.4 Å². The largest absolute Gasteiger partial charge is 0.330 e. The summed E-state index contributed by atoms with van der Waals surface area (Å²) < 4.78 is 0. The second kappa shape index (κ2) is 11.6. The Kier molecular flexibility index (Phi) is 7.83. The van der Waals surface area contributed by atoms with Crippen molar-refractivity contribution in [1.29, 1.82) is 0 Å². The molecular formula is C29H29N5O3S. The van der Waals surface area contributed by atoms with Crippen LogP contribution in [-0.2, 0) is 27.3 Å². The molecule has 2 saturated heterocycles. The number of nitrogens with zero attached hydrogens (tertiary/aromatic N) is 4. The van der Waals surface area contributed by atoms with Crippen molar-refractivity contribution in [2.45, 2.75) is 37.1 Å². The summed E-state index contributed by atoms with van der Waals surface area (Å²) in [5.41, 5.74) is 3.20. The van der Waals surface area contributed by atoms with Gasteiger partial charge in [-0.3, -0.25) is 29.3 Å². The van der Waals surface area contributed by atoms with Gasteiger partial charge in [-0.25, -0.2) is 0 Å². The monoisotopic (exact) mass is 527 g/mol. The average molecular weight is 528 g/mol. The highest BCUT2D eigenvalue weighted by Gasteiger charge is 2.39. The van der Waals surface area contributed by atoms with Crippen LogP contribution in [0.5, 0.6) is 0 Å². The number of pyridine rings is 1. The third-order valence-corrected chi connectivity index (χ3v) is 8.06. The zero-order valence-electron chi connectivity index (χ0n) is 21.1. The van der Waals surface area contributed by atoms with Crippen LogP contribution < -0.4 is 5.32 Å². The molecule has 2 aromatic carbocycles. The molecule has 38 heavy (non-hydrogen) atoms. The predicted octanol–water partition coefficient (Wildman–Crippen LogP) is 4.06. The molecule has 5 rings (SSSR count). The molecule has 2 fully saturated rings. The van der Waals surface area contributed by atoms with Crippen LogP contribution in [0.4, 0.5) is 5.69 Å². The maximum atomic E-state index is 13.2. The molecule has 0 aliphatic carbocycles. The third-order valence-electron chi connectivity index (χ3n) is 6.74. The third kappa shape index (κ3) is 5.62. The van der Waals surface area contributed by atoms with Crippen LogP contribution in [0.3, 0.4) is 0 Å². The normalized spacial score (nSPS) is 20.2. The van der Waals surface area contributed by atoms with Gasteiger partial charge in [0.1, 0.15) is 11.3 Å². The number of likely N-dealkylation sites (tertiary alicyclic amines) is 1. The van der Waals surface area contributed by atoms with Crippen LogP contribution in [0.2, 0.25) is 0 Å². The van der Waals surface area contributed by atoms with Crippen molar-refractivity contribution in [2.75, 3.05) is 18.9 Å². The number of hydrogen-bond acceptors (Lipinski definition) is 6. The Bertz CT molecular complexity index is 1330. The summed E-state index contributed by atoms with van der Waals surface area (Å²) in [6.45, 7) is 0.949. The van der Waals surface area contributed by atoms with Crippen molar-refractivity contribution in [2.24, 2.45) is 4.99 Å². The first kappa shape index (κ1) is 25.7. The number of amidine groups is 1. The SMILES string of the molecule is C/N=C1\SC(c2ccc(NC(=O)[C@@H]3CCCN3C(=O)Cc3ccccc3)cc2)C(=O)N1Cc1ccccn1. The molecule has 2 aliphatic rings. The number of rotatable bonds is 7. The van der Waals surface area contributed by atoms with E-state index in [1.807, 2.05) is 60.7 Å². The zero-order valence-corrected chi connectivity index (χ0v) is 21.9. The van der Waals surface area contributed by atoms with Gasteiger partial charge in [0, 0.05) is 25.5 Å². The molecule has 1 N–H and O–H groups in total. The van der Waals surface area contributed by atoms with E-state index in [2.05, 4.69) is 15.3 Å². The zero-order chi connectivity index (χ0) is 26.5. The standard InChI is InChI=1S/C29H29N5O3S/c1-30-29-34(19-23-10-5-6-16-31-23)28(37)26(38-29)21-12-14-22(15-13-21)32-27(36)24-11-7-17-33(24)25(35)18-20-8-3-2-4-9-20/h2-6,8-10,12-16,24,26H,7,11,17-19H2,1H3,(H,32,36)/b30-29-/t24-,26?/m0/s1. The minimum Gasteiger partial charge on any atom is -0.330 e. The van der Waals surface area contributed by atoms with E-state index in [-0.39, 0.29) is 24.1 Å². The number of thioether (sulfide) groups is 1. The highest BCUT2D eigenvalue weighted by Crippen LogP contribution is 2.40. The van der Waals surface area contributed by atoms with Gasteiger partial charge in [0.2, 0.25) is 17.7 Å². The molecule has 1 unspecified atom stereocenters. The van der Waals surface area contributed by atoms with Crippen molar-refractivity contribution in [3.05, 3.63) is 95.8 Å². The summed E-state index contributed by atoms with van der Waals surface area (Å²) >= 11 is 1.41. The molecule has 2 atom stereocenters. The molecule has 1 aromatic heterocycles. The van der Waals surface area contributed by atoms with E-state index >= 15 is 0 Å². The Morgan fingerprint density at radius 2 is 1.82 bits per heavy atom. The fraction of sp³-hybridized carbons (Fsp3) is 0.276. The first-order valence-electron chi connectivity index (χ1n) is 12.6. The van der Waals surface area contributed by atoms with E-state index in [0.717, 1.165) is 23.2 Å². The van der Waals surface area contributed by atoms with Gasteiger partial charge in [-0.1, -0.05) is 60.3 Å². The van der Waals surface area contributed by atoms with Crippen LogP contribution in [0, 0.1) is 0 Å². The van der Waals surface area contributed by atoms with Crippen LogP contribution in [-0.4, -0.2) is 57.3 Å². The molecule has 8 nitrogen and oxygen atoms in total. The van der Waals surface area contributed by atoms with E-state index in [4.69, 9.17) is 0 Å². The molecule has 0 spiro atoms. The van der Waals surface area contributed by atoms with Gasteiger partial charge in [0.05, 0.1) is 18.7 Å². The first-order valence-corrected chi connectivity index (χ1v) is 13.5. The van der Waals surface area contributed by atoms with E-state index in [1.54, 1.807) is 35.2 Å². The van der Waals surface area contributed by atoms with Crippen molar-refractivity contribution in [3.63, 3.8) is 0 Å². The van der Waals surface area contributed by atoms with Gasteiger partial charge in [0.15, 0.2) is 5.17 Å². The lowest BCUT2D eigenvalue weighted by Crippen LogP contribution is -2.43. The minimum absolute atomic E-state index is 0.0374. The van der Waals surface area contributed by atoms with Crippen LogP contribution in [0.1, 0.15) is 34.9 Å². The number of nitrogens with one attached hydrogen (secondary N) is 1.